The van der Waals surface area contributed by atoms with Crippen molar-refractivity contribution < 1.29 is 9.53 Å². The molecule has 0 bridgehead atoms. The molecule has 0 aliphatic rings. The van der Waals surface area contributed by atoms with Gasteiger partial charge in [0.2, 0.25) is 0 Å². The van der Waals surface area contributed by atoms with Gasteiger partial charge in [0.1, 0.15) is 11.9 Å². The first kappa shape index (κ1) is 11.2. The zero-order valence-corrected chi connectivity index (χ0v) is 8.87. The first-order chi connectivity index (χ1) is 7.27. The molecule has 1 heterocycles. The predicted molar refractivity (Wildman–Crippen MR) is 56.1 cm³/mol. The maximum absolute atomic E-state index is 11.2. The fourth-order valence-corrected chi connectivity index (χ4v) is 1.26. The number of rotatable bonds is 4. The molecule has 1 aromatic rings. The highest BCUT2D eigenvalue weighted by Crippen LogP contribution is 2.06. The predicted octanol–water partition coefficient (Wildman–Crippen LogP) is 1.53. The van der Waals surface area contributed by atoms with Gasteiger partial charge in [-0.2, -0.15) is 9.64 Å². The third-order valence-electron chi connectivity index (χ3n) is 1.42. The second-order valence-electron chi connectivity index (χ2n) is 2.42. The number of esters is 1. The Bertz CT molecular complexity index is 392. The summed E-state index contributed by atoms with van der Waals surface area (Å²) in [4.78, 5) is 11.2. The molecule has 0 aliphatic carbocycles. The molecule has 0 fully saturated rings. The fourth-order valence-electron chi connectivity index (χ4n) is 0.779. The molecule has 1 aromatic heterocycles. The van der Waals surface area contributed by atoms with Crippen LogP contribution in [0.25, 0.3) is 0 Å². The molecule has 0 spiro atoms. The van der Waals surface area contributed by atoms with Gasteiger partial charge in [-0.25, -0.2) is 4.79 Å². The number of carbonyl (C=O) groups is 1. The van der Waals surface area contributed by atoms with Crippen molar-refractivity contribution in [3.63, 3.8) is 0 Å². The van der Waals surface area contributed by atoms with Crippen LogP contribution in [0.5, 0.6) is 0 Å². The molecule has 5 nitrogen and oxygen atoms in total. The van der Waals surface area contributed by atoms with Crippen molar-refractivity contribution in [1.82, 2.24) is 4.37 Å². The van der Waals surface area contributed by atoms with E-state index in [0.29, 0.717) is 5.82 Å². The average molecular weight is 223 g/mol. The van der Waals surface area contributed by atoms with Crippen LogP contribution in [0.4, 0.5) is 5.82 Å². The molecule has 0 saturated heterocycles. The quantitative estimate of drug-likeness (QED) is 0.476. The zero-order chi connectivity index (χ0) is 11.1. The molecule has 1 rings (SSSR count). The molecule has 6 heteroatoms. The largest absolute Gasteiger partial charge is 0.462 e. The van der Waals surface area contributed by atoms with Crippen molar-refractivity contribution in [2.75, 3.05) is 11.9 Å². The Kier molecular flexibility index (Phi) is 4.31. The topological polar surface area (TPSA) is 75.0 Å². The lowest BCUT2D eigenvalue weighted by atomic mass is 10.3. The highest BCUT2D eigenvalue weighted by molar-refractivity contribution is 7.03. The lowest BCUT2D eigenvalue weighted by molar-refractivity contribution is -0.138. The van der Waals surface area contributed by atoms with E-state index in [1.165, 1.54) is 17.7 Å². The number of nitriles is 1. The smallest absolute Gasteiger partial charge is 0.350 e. The second kappa shape index (κ2) is 5.78. The summed E-state index contributed by atoms with van der Waals surface area (Å²) < 4.78 is 8.63. The van der Waals surface area contributed by atoms with E-state index in [1.807, 2.05) is 0 Å². The maximum atomic E-state index is 11.2. The first-order valence-corrected chi connectivity index (χ1v) is 5.06. The van der Waals surface area contributed by atoms with Gasteiger partial charge in [-0.15, -0.1) is 0 Å². The monoisotopic (exact) mass is 223 g/mol. The molecule has 0 atom stereocenters. The number of hydrogen-bond acceptors (Lipinski definition) is 6. The lowest BCUT2D eigenvalue weighted by Crippen LogP contribution is -2.07. The molecule has 0 radical (unpaired) electrons. The number of carbonyl (C=O) groups excluding carboxylic acids is 1. The minimum Gasteiger partial charge on any atom is -0.462 e. The third-order valence-corrected chi connectivity index (χ3v) is 1.98. The van der Waals surface area contributed by atoms with Crippen molar-refractivity contribution in [2.24, 2.45) is 0 Å². The van der Waals surface area contributed by atoms with Crippen LogP contribution in [0.3, 0.4) is 0 Å². The van der Waals surface area contributed by atoms with Crippen LogP contribution < -0.4 is 5.32 Å². The van der Waals surface area contributed by atoms with Crippen LogP contribution in [-0.4, -0.2) is 16.9 Å². The Labute approximate surface area is 91.2 Å². The van der Waals surface area contributed by atoms with E-state index in [4.69, 9.17) is 5.26 Å². The van der Waals surface area contributed by atoms with Crippen molar-refractivity contribution in [3.8, 4) is 6.07 Å². The second-order valence-corrected chi connectivity index (χ2v) is 3.08. The molecule has 78 valence electrons. The average Bonchev–Trinajstić information content (AvgIpc) is 2.72. The van der Waals surface area contributed by atoms with Crippen molar-refractivity contribution in [2.45, 2.75) is 6.92 Å². The van der Waals surface area contributed by atoms with E-state index in [-0.39, 0.29) is 12.2 Å². The SMILES string of the molecule is CCOC(=O)/C(C#N)=C/Nc1ccsn1. The normalized spacial score (nSPS) is 10.5. The third kappa shape index (κ3) is 3.40. The van der Waals surface area contributed by atoms with Crippen LogP contribution in [0.1, 0.15) is 6.92 Å². The zero-order valence-electron chi connectivity index (χ0n) is 8.06. The van der Waals surface area contributed by atoms with Crippen LogP contribution >= 0.6 is 11.5 Å². The molecule has 0 amide bonds. The minimum absolute atomic E-state index is 0.0788. The summed E-state index contributed by atoms with van der Waals surface area (Å²) in [5, 5.41) is 13.2. The van der Waals surface area contributed by atoms with Crippen molar-refractivity contribution >= 4 is 23.3 Å². The standard InChI is InChI=1S/C9H9N3O2S/c1-2-14-9(13)7(5-10)6-11-8-3-4-15-12-8/h3-4,6H,2H2,1H3,(H,11,12)/b7-6+. The Morgan fingerprint density at radius 1 is 1.87 bits per heavy atom. The molecule has 1 N–H and O–H groups in total. The Balaban J connectivity index is 2.63. The summed E-state index contributed by atoms with van der Waals surface area (Å²) in [6, 6.07) is 3.49. The summed E-state index contributed by atoms with van der Waals surface area (Å²) >= 11 is 1.28. The van der Waals surface area contributed by atoms with E-state index in [2.05, 4.69) is 14.4 Å². The highest BCUT2D eigenvalue weighted by Gasteiger charge is 2.08. The molecule has 0 aromatic carbocycles. The van der Waals surface area contributed by atoms with Crippen LogP contribution in [0.2, 0.25) is 0 Å². The Hall–Kier alpha value is -1.87. The summed E-state index contributed by atoms with van der Waals surface area (Å²) in [6.07, 6.45) is 1.28. The number of anilines is 1. The van der Waals surface area contributed by atoms with Crippen LogP contribution in [-0.2, 0) is 9.53 Å². The van der Waals surface area contributed by atoms with Gasteiger partial charge in [-0.05, 0) is 24.5 Å². The summed E-state index contributed by atoms with van der Waals surface area (Å²) in [6.45, 7) is 1.93. The minimum atomic E-state index is -0.636. The molecular formula is C9H9N3O2S. The Morgan fingerprint density at radius 2 is 2.67 bits per heavy atom. The maximum Gasteiger partial charge on any atom is 0.350 e. The van der Waals surface area contributed by atoms with Gasteiger partial charge in [0.25, 0.3) is 0 Å². The summed E-state index contributed by atoms with van der Waals surface area (Å²) in [7, 11) is 0. The van der Waals surface area contributed by atoms with Gasteiger partial charge in [0.05, 0.1) is 6.61 Å². The fraction of sp³-hybridized carbons (Fsp3) is 0.222. The first-order valence-electron chi connectivity index (χ1n) is 4.22. The van der Waals surface area contributed by atoms with E-state index >= 15 is 0 Å². The van der Waals surface area contributed by atoms with Gasteiger partial charge in [-0.1, -0.05) is 0 Å². The molecule has 0 aliphatic heterocycles. The van der Waals surface area contributed by atoms with Crippen molar-refractivity contribution in [1.29, 1.82) is 5.26 Å². The van der Waals surface area contributed by atoms with E-state index in [9.17, 15) is 4.79 Å². The molecule has 15 heavy (non-hydrogen) atoms. The van der Waals surface area contributed by atoms with E-state index in [0.717, 1.165) is 0 Å². The molecule has 0 saturated carbocycles. The van der Waals surface area contributed by atoms with Gasteiger partial charge in [-0.3, -0.25) is 0 Å². The number of nitrogens with zero attached hydrogens (tertiary/aromatic N) is 2. The van der Waals surface area contributed by atoms with Crippen LogP contribution in [0, 0.1) is 11.3 Å². The highest BCUT2D eigenvalue weighted by atomic mass is 32.1. The molecular weight excluding hydrogens is 214 g/mol. The number of hydrogen-bond donors (Lipinski definition) is 1. The number of aromatic nitrogens is 1. The van der Waals surface area contributed by atoms with Gasteiger partial charge in [0, 0.05) is 11.6 Å². The van der Waals surface area contributed by atoms with Crippen molar-refractivity contribution in [3.05, 3.63) is 23.2 Å². The summed E-state index contributed by atoms with van der Waals surface area (Å²) in [5.41, 5.74) is -0.0788. The summed E-state index contributed by atoms with van der Waals surface area (Å²) in [5.74, 6) is -0.0419. The van der Waals surface area contributed by atoms with Gasteiger partial charge < -0.3 is 10.1 Å². The van der Waals surface area contributed by atoms with E-state index < -0.39 is 5.97 Å². The lowest BCUT2D eigenvalue weighted by Gasteiger charge is -1.99. The van der Waals surface area contributed by atoms with Gasteiger partial charge in [0.15, 0.2) is 5.57 Å². The Morgan fingerprint density at radius 3 is 3.20 bits per heavy atom. The molecule has 0 unspecified atom stereocenters. The van der Waals surface area contributed by atoms with Gasteiger partial charge >= 0.3 is 5.97 Å². The number of ether oxygens (including phenoxy) is 1. The van der Waals surface area contributed by atoms with Crippen LogP contribution in [0.15, 0.2) is 23.2 Å². The number of nitrogens with one attached hydrogen (secondary N) is 1. The van der Waals surface area contributed by atoms with E-state index in [1.54, 1.807) is 24.4 Å².